The molecule has 0 radical (unpaired) electrons. The minimum atomic E-state index is -0.138. The van der Waals surface area contributed by atoms with Gasteiger partial charge in [0.25, 0.3) is 5.56 Å². The molecule has 4 rings (SSSR count). The lowest BCUT2D eigenvalue weighted by atomic mass is 10.2. The maximum absolute atomic E-state index is 12.7. The van der Waals surface area contributed by atoms with Crippen molar-refractivity contribution in [1.82, 2.24) is 9.55 Å². The van der Waals surface area contributed by atoms with Gasteiger partial charge in [-0.05, 0) is 57.2 Å². The van der Waals surface area contributed by atoms with Crippen molar-refractivity contribution in [1.29, 1.82) is 0 Å². The van der Waals surface area contributed by atoms with Crippen LogP contribution in [-0.4, -0.2) is 46.5 Å². The summed E-state index contributed by atoms with van der Waals surface area (Å²) in [4.78, 5) is 32.1. The number of carbonyl (C=O) groups is 1. The Bertz CT molecular complexity index is 1150. The molecule has 1 saturated heterocycles. The fraction of sp³-hybridized carbons (Fsp3) is 0.375. The molecule has 1 aromatic heterocycles. The number of hydrogen-bond donors (Lipinski definition) is 1. The third kappa shape index (κ3) is 4.97. The minimum absolute atomic E-state index is 0.0802. The quantitative estimate of drug-likeness (QED) is 0.453. The Labute approximate surface area is 191 Å². The number of rotatable bonds is 6. The molecule has 1 N–H and O–H groups in total. The molecule has 8 heteroatoms. The van der Waals surface area contributed by atoms with Crippen molar-refractivity contribution in [2.45, 2.75) is 44.7 Å². The number of hydrogen-bond acceptors (Lipinski definition) is 6. The van der Waals surface area contributed by atoms with Gasteiger partial charge in [0.15, 0.2) is 5.16 Å². The van der Waals surface area contributed by atoms with Crippen LogP contribution in [0.25, 0.3) is 10.9 Å². The second-order valence-corrected chi connectivity index (χ2v) is 8.95. The number of morpholine rings is 1. The van der Waals surface area contributed by atoms with Gasteiger partial charge in [0.2, 0.25) is 5.91 Å². The van der Waals surface area contributed by atoms with Gasteiger partial charge < -0.3 is 15.0 Å². The van der Waals surface area contributed by atoms with Crippen molar-refractivity contribution in [3.63, 3.8) is 0 Å². The number of aromatic nitrogens is 2. The van der Waals surface area contributed by atoms with E-state index in [-0.39, 0.29) is 29.4 Å². The van der Waals surface area contributed by atoms with E-state index in [4.69, 9.17) is 4.74 Å². The molecule has 3 aromatic rings. The Hall–Kier alpha value is -2.84. The van der Waals surface area contributed by atoms with Crippen molar-refractivity contribution in [3.05, 3.63) is 58.9 Å². The van der Waals surface area contributed by atoms with Crippen LogP contribution in [0, 0.1) is 0 Å². The lowest BCUT2D eigenvalue weighted by Crippen LogP contribution is -2.45. The summed E-state index contributed by atoms with van der Waals surface area (Å²) in [6.45, 7) is 8.27. The predicted molar refractivity (Wildman–Crippen MR) is 130 cm³/mol. The van der Waals surface area contributed by atoms with Gasteiger partial charge in [0.05, 0.1) is 28.9 Å². The van der Waals surface area contributed by atoms with Crippen LogP contribution in [0.1, 0.15) is 20.8 Å². The summed E-state index contributed by atoms with van der Waals surface area (Å²) in [5.41, 5.74) is 2.43. The number of thioether (sulfide) groups is 1. The summed E-state index contributed by atoms with van der Waals surface area (Å²) in [5.74, 6) is 0.0341. The van der Waals surface area contributed by atoms with Gasteiger partial charge in [-0.15, -0.1) is 0 Å². The highest BCUT2D eigenvalue weighted by Crippen LogP contribution is 2.23. The topological polar surface area (TPSA) is 76.5 Å². The fourth-order valence-corrected chi connectivity index (χ4v) is 4.87. The van der Waals surface area contributed by atoms with E-state index in [9.17, 15) is 9.59 Å². The van der Waals surface area contributed by atoms with Crippen molar-refractivity contribution < 1.29 is 9.53 Å². The first kappa shape index (κ1) is 22.4. The van der Waals surface area contributed by atoms with Crippen molar-refractivity contribution in [2.75, 3.05) is 29.1 Å². The monoisotopic (exact) mass is 452 g/mol. The second kappa shape index (κ2) is 9.75. The number of nitrogens with zero attached hydrogens (tertiary/aromatic N) is 3. The molecule has 7 nitrogen and oxygen atoms in total. The largest absolute Gasteiger partial charge is 0.372 e. The summed E-state index contributed by atoms with van der Waals surface area (Å²) in [7, 11) is 0. The Morgan fingerprint density at radius 3 is 2.50 bits per heavy atom. The van der Waals surface area contributed by atoms with Crippen LogP contribution < -0.4 is 15.8 Å². The summed E-state index contributed by atoms with van der Waals surface area (Å²) >= 11 is 1.27. The lowest BCUT2D eigenvalue weighted by molar-refractivity contribution is -0.113. The third-order valence-electron chi connectivity index (χ3n) is 5.41. The van der Waals surface area contributed by atoms with Crippen LogP contribution in [0.2, 0.25) is 0 Å². The van der Waals surface area contributed by atoms with Gasteiger partial charge in [-0.3, -0.25) is 14.2 Å². The van der Waals surface area contributed by atoms with Crippen LogP contribution in [0.5, 0.6) is 0 Å². The fourth-order valence-electron chi connectivity index (χ4n) is 4.01. The SMILES string of the molecule is CCn1c(SCC(=O)Nc2ccc(N3CC(C)OC(C)C3)cc2)nc2ccccc2c1=O. The number of para-hydroxylation sites is 1. The van der Waals surface area contributed by atoms with Gasteiger partial charge in [-0.25, -0.2) is 4.98 Å². The molecule has 0 aliphatic carbocycles. The molecular formula is C24H28N4O3S. The molecule has 32 heavy (non-hydrogen) atoms. The lowest BCUT2D eigenvalue weighted by Gasteiger charge is -2.36. The minimum Gasteiger partial charge on any atom is -0.372 e. The average molecular weight is 453 g/mol. The van der Waals surface area contributed by atoms with E-state index in [2.05, 4.69) is 29.0 Å². The van der Waals surface area contributed by atoms with E-state index in [0.717, 1.165) is 24.5 Å². The van der Waals surface area contributed by atoms with Gasteiger partial charge in [-0.1, -0.05) is 23.9 Å². The number of carbonyl (C=O) groups excluding carboxylic acids is 1. The standard InChI is InChI=1S/C24H28N4O3S/c1-4-28-23(30)20-7-5-6-8-21(20)26-24(28)32-15-22(29)25-18-9-11-19(12-10-18)27-13-16(2)31-17(3)14-27/h5-12,16-17H,4,13-15H2,1-3H3,(H,25,29). The highest BCUT2D eigenvalue weighted by Gasteiger charge is 2.22. The molecule has 168 valence electrons. The molecule has 0 bridgehead atoms. The average Bonchev–Trinajstić information content (AvgIpc) is 2.78. The van der Waals surface area contributed by atoms with E-state index in [1.54, 1.807) is 10.6 Å². The summed E-state index contributed by atoms with van der Waals surface area (Å²) in [6, 6.07) is 15.2. The summed E-state index contributed by atoms with van der Waals surface area (Å²) in [5, 5.41) is 4.07. The normalized spacial score (nSPS) is 18.7. The first-order chi connectivity index (χ1) is 15.4. The molecule has 1 fully saturated rings. The first-order valence-electron chi connectivity index (χ1n) is 10.9. The van der Waals surface area contributed by atoms with E-state index >= 15 is 0 Å². The molecule has 2 heterocycles. The molecule has 2 atom stereocenters. The molecular weight excluding hydrogens is 424 g/mol. The van der Waals surface area contributed by atoms with E-state index in [1.807, 2.05) is 49.4 Å². The zero-order valence-corrected chi connectivity index (χ0v) is 19.4. The van der Waals surface area contributed by atoms with Gasteiger partial charge in [0.1, 0.15) is 0 Å². The van der Waals surface area contributed by atoms with Crippen LogP contribution >= 0.6 is 11.8 Å². The number of anilines is 2. The van der Waals surface area contributed by atoms with Gasteiger partial charge >= 0.3 is 0 Å². The highest BCUT2D eigenvalue weighted by molar-refractivity contribution is 7.99. The molecule has 1 aliphatic heterocycles. The van der Waals surface area contributed by atoms with E-state index in [0.29, 0.717) is 22.6 Å². The molecule has 2 unspecified atom stereocenters. The Morgan fingerprint density at radius 2 is 1.81 bits per heavy atom. The number of benzene rings is 2. The van der Waals surface area contributed by atoms with Crippen molar-refractivity contribution in [2.24, 2.45) is 0 Å². The Morgan fingerprint density at radius 1 is 1.12 bits per heavy atom. The number of amides is 1. The van der Waals surface area contributed by atoms with Gasteiger partial charge in [-0.2, -0.15) is 0 Å². The van der Waals surface area contributed by atoms with E-state index in [1.165, 1.54) is 11.8 Å². The van der Waals surface area contributed by atoms with Crippen molar-refractivity contribution in [3.8, 4) is 0 Å². The third-order valence-corrected chi connectivity index (χ3v) is 6.39. The number of ether oxygens (including phenoxy) is 1. The zero-order valence-electron chi connectivity index (χ0n) is 18.6. The highest BCUT2D eigenvalue weighted by atomic mass is 32.2. The maximum Gasteiger partial charge on any atom is 0.262 e. The summed E-state index contributed by atoms with van der Waals surface area (Å²) < 4.78 is 7.41. The summed E-state index contributed by atoms with van der Waals surface area (Å²) in [6.07, 6.45) is 0.388. The molecule has 2 aromatic carbocycles. The Kier molecular flexibility index (Phi) is 6.81. The van der Waals surface area contributed by atoms with E-state index < -0.39 is 0 Å². The second-order valence-electron chi connectivity index (χ2n) is 8.01. The number of nitrogens with one attached hydrogen (secondary N) is 1. The van der Waals surface area contributed by atoms with Crippen LogP contribution in [0.4, 0.5) is 11.4 Å². The molecule has 0 saturated carbocycles. The van der Waals surface area contributed by atoms with Crippen LogP contribution in [-0.2, 0) is 16.1 Å². The number of fused-ring (bicyclic) bond motifs is 1. The predicted octanol–water partition coefficient (Wildman–Crippen LogP) is 3.76. The first-order valence-corrected chi connectivity index (χ1v) is 11.9. The molecule has 1 aliphatic rings. The van der Waals surface area contributed by atoms with Crippen LogP contribution in [0.3, 0.4) is 0 Å². The molecule has 0 spiro atoms. The smallest absolute Gasteiger partial charge is 0.262 e. The van der Waals surface area contributed by atoms with Crippen molar-refractivity contribution >= 4 is 39.9 Å². The Balaban J connectivity index is 1.40. The maximum atomic E-state index is 12.7. The molecule has 1 amide bonds. The zero-order chi connectivity index (χ0) is 22.7. The van der Waals surface area contributed by atoms with Crippen LogP contribution in [0.15, 0.2) is 58.5 Å². The van der Waals surface area contributed by atoms with Gasteiger partial charge in [0, 0.05) is 31.0 Å².